The van der Waals surface area contributed by atoms with E-state index in [2.05, 4.69) is 27.0 Å². The van der Waals surface area contributed by atoms with E-state index in [0.717, 1.165) is 6.07 Å². The van der Waals surface area contributed by atoms with Gasteiger partial charge in [0.2, 0.25) is 16.4 Å². The first-order valence-electron chi connectivity index (χ1n) is 11.4. The van der Waals surface area contributed by atoms with E-state index in [1.165, 1.54) is 60.7 Å². The number of nitrogens with two attached hydrogens (primary N) is 1. The van der Waals surface area contributed by atoms with E-state index in [9.17, 15) is 35.3 Å². The molecule has 0 saturated heterocycles. The van der Waals surface area contributed by atoms with Gasteiger partial charge in [-0.25, -0.2) is 8.42 Å². The third-order valence-electron chi connectivity index (χ3n) is 5.79. The Bertz CT molecular complexity index is 2040. The van der Waals surface area contributed by atoms with Crippen molar-refractivity contribution < 1.29 is 35.3 Å². The number of azo groups is 2. The topological polar surface area (TPSA) is 224 Å². The zero-order chi connectivity index (χ0) is 30.8. The predicted molar refractivity (Wildman–Crippen MR) is 155 cm³/mol. The van der Waals surface area contributed by atoms with Gasteiger partial charge in [0, 0.05) is 4.91 Å². The number of phenolic OH excluding ortho intramolecular Hbond substituents is 1. The van der Waals surface area contributed by atoms with E-state index >= 15 is 0 Å². The third-order valence-corrected chi connectivity index (χ3v) is 8.58. The van der Waals surface area contributed by atoms with Crippen molar-refractivity contribution in [3.05, 3.63) is 90.9 Å². The fourth-order valence-corrected chi connectivity index (χ4v) is 5.30. The molecule has 13 nitrogen and oxygen atoms in total. The monoisotopic (exact) mass is 625 g/mol. The number of nitrogen functional groups attached to an aromatic ring is 1. The van der Waals surface area contributed by atoms with Crippen LogP contribution in [0.3, 0.4) is 0 Å². The van der Waals surface area contributed by atoms with Crippen LogP contribution >= 0.6 is 0 Å². The molecule has 1 unspecified atom stereocenters. The molecule has 0 spiro atoms. The van der Waals surface area contributed by atoms with E-state index in [1.54, 1.807) is 0 Å². The summed E-state index contributed by atoms with van der Waals surface area (Å²) in [6, 6.07) is 14.7. The highest BCUT2D eigenvalue weighted by molar-refractivity contribution is 7.94. The molecule has 4 N–H and O–H groups in total. The molecular weight excluding hydrogens is 607 g/mol. The fraction of sp³-hybridized carbons (Fsp3) is 0. The van der Waals surface area contributed by atoms with Gasteiger partial charge in [0.05, 0.1) is 27.3 Å². The Labute approximate surface area is 242 Å². The van der Waals surface area contributed by atoms with E-state index in [0.29, 0.717) is 16.7 Å². The van der Waals surface area contributed by atoms with Crippen LogP contribution in [-0.4, -0.2) is 35.3 Å². The predicted octanol–water partition coefficient (Wildman–Crippen LogP) is 5.78. The second kappa shape index (κ2) is 11.7. The number of aromatic hydroxyl groups is 1. The summed E-state index contributed by atoms with van der Waals surface area (Å²) in [7, 11) is -8.71. The van der Waals surface area contributed by atoms with Gasteiger partial charge >= 0.3 is 0 Å². The lowest BCUT2D eigenvalue weighted by atomic mass is 10.1. The maximum Gasteiger partial charge on any atom is 0.296 e. The van der Waals surface area contributed by atoms with Gasteiger partial charge < -0.3 is 15.4 Å². The van der Waals surface area contributed by atoms with Crippen LogP contribution in [0.25, 0.3) is 15.7 Å². The van der Waals surface area contributed by atoms with Gasteiger partial charge in [-0.1, -0.05) is 24.8 Å². The number of rotatable bonds is 9. The summed E-state index contributed by atoms with van der Waals surface area (Å²) < 4.78 is 79.9. The summed E-state index contributed by atoms with van der Waals surface area (Å²) in [6.45, 7) is 8.59. The largest absolute Gasteiger partial charge is 0.768 e. The molecule has 16 heteroatoms. The zero-order valence-corrected chi connectivity index (χ0v) is 23.6. The lowest BCUT2D eigenvalue weighted by Gasteiger charge is -2.12. The highest BCUT2D eigenvalue weighted by atomic mass is 32.2. The van der Waals surface area contributed by atoms with Gasteiger partial charge in [-0.2, -0.15) is 18.6 Å². The number of hydrogen-bond acceptors (Lipinski definition) is 12. The number of nitrogens with zero attached hydrogens (tertiary/aromatic N) is 4. The second-order valence-electron chi connectivity index (χ2n) is 8.42. The van der Waals surface area contributed by atoms with E-state index < -0.39 is 47.4 Å². The summed E-state index contributed by atoms with van der Waals surface area (Å²) in [4.78, 5) is -0.978. The molecule has 42 heavy (non-hydrogen) atoms. The molecule has 1 atom stereocenters. The van der Waals surface area contributed by atoms with E-state index in [1.807, 2.05) is 0 Å². The first-order chi connectivity index (χ1) is 19.7. The van der Waals surface area contributed by atoms with Gasteiger partial charge in [0.15, 0.2) is 5.75 Å². The standard InChI is InChI=1S/C26H19N5O8S3/c1-3-41(35,36)20-11-9-19(10-12-20)29-31-25-22(42(37,38)39)14-17-6-13-21(24(27)23(17)26(25)32)30-28-18-7-4-16(5-8-18)15(2)40(33)34/h1,3-14H,2H2,(H4-,27,28,29,32,33,34,37,38,39). The molecule has 0 amide bonds. The summed E-state index contributed by atoms with van der Waals surface area (Å²) in [6.07, 6.45) is 0. The number of anilines is 1. The molecule has 0 aliphatic heterocycles. The normalized spacial score (nSPS) is 13.1. The molecule has 0 aliphatic rings. The van der Waals surface area contributed by atoms with Gasteiger partial charge in [-0.15, -0.1) is 10.2 Å². The molecule has 0 fully saturated rings. The van der Waals surface area contributed by atoms with Gasteiger partial charge in [-0.05, 0) is 70.6 Å². The number of hydrogen-bond donors (Lipinski definition) is 3. The molecular formula is C26H19N5O8S3. The molecule has 0 heterocycles. The summed E-state index contributed by atoms with van der Waals surface area (Å²) in [5.74, 6) is -0.733. The van der Waals surface area contributed by atoms with Crippen molar-refractivity contribution >= 4 is 75.2 Å². The second-order valence-corrected chi connectivity index (χ2v) is 12.6. The van der Waals surface area contributed by atoms with Crippen LogP contribution in [0.4, 0.5) is 28.4 Å². The van der Waals surface area contributed by atoms with Gasteiger partial charge in [0.25, 0.3) is 15.5 Å². The Balaban J connectivity index is 1.76. The zero-order valence-electron chi connectivity index (χ0n) is 21.1. The number of sulfone groups is 1. The minimum Gasteiger partial charge on any atom is -0.768 e. The highest BCUT2D eigenvalue weighted by Crippen LogP contribution is 2.46. The Morgan fingerprint density at radius 3 is 2.05 bits per heavy atom. The van der Waals surface area contributed by atoms with Crippen molar-refractivity contribution in [2.24, 2.45) is 20.5 Å². The maximum atomic E-state index is 12.1. The molecule has 214 valence electrons. The molecule has 4 aromatic rings. The summed E-state index contributed by atoms with van der Waals surface area (Å²) in [5, 5.41) is 27.4. The van der Waals surface area contributed by atoms with Crippen LogP contribution in [0.1, 0.15) is 5.56 Å². The molecule has 0 aliphatic carbocycles. The van der Waals surface area contributed by atoms with Crippen molar-refractivity contribution in [2.45, 2.75) is 9.79 Å². The Morgan fingerprint density at radius 2 is 1.50 bits per heavy atom. The minimum atomic E-state index is -4.90. The lowest BCUT2D eigenvalue weighted by molar-refractivity contribution is 0.472. The average Bonchev–Trinajstić information content (AvgIpc) is 2.95. The summed E-state index contributed by atoms with van der Waals surface area (Å²) >= 11 is -2.48. The van der Waals surface area contributed by atoms with Gasteiger partial charge in [-0.3, -0.25) is 8.76 Å². The number of fused-ring (bicyclic) bond motifs is 1. The average molecular weight is 626 g/mol. The Kier molecular flexibility index (Phi) is 8.40. The van der Waals surface area contributed by atoms with Gasteiger partial charge in [0.1, 0.15) is 16.3 Å². The molecule has 0 saturated carbocycles. The third kappa shape index (κ3) is 6.28. The fourth-order valence-electron chi connectivity index (χ4n) is 3.65. The van der Waals surface area contributed by atoms with Crippen LogP contribution in [0.5, 0.6) is 5.75 Å². The summed E-state index contributed by atoms with van der Waals surface area (Å²) in [5.41, 5.74) is 6.37. The molecule has 0 aromatic heterocycles. The van der Waals surface area contributed by atoms with Crippen LogP contribution < -0.4 is 5.73 Å². The number of phenols is 1. The first kappa shape index (κ1) is 30.3. The Hall–Kier alpha value is -4.70. The van der Waals surface area contributed by atoms with E-state index in [-0.39, 0.29) is 37.6 Å². The van der Waals surface area contributed by atoms with Crippen molar-refractivity contribution in [1.29, 1.82) is 0 Å². The molecule has 0 radical (unpaired) electrons. The van der Waals surface area contributed by atoms with Crippen molar-refractivity contribution in [3.63, 3.8) is 0 Å². The van der Waals surface area contributed by atoms with Crippen LogP contribution in [0.15, 0.2) is 109 Å². The van der Waals surface area contributed by atoms with Crippen molar-refractivity contribution in [2.75, 3.05) is 5.73 Å². The maximum absolute atomic E-state index is 12.1. The highest BCUT2D eigenvalue weighted by Gasteiger charge is 2.24. The molecule has 4 rings (SSSR count). The smallest absolute Gasteiger partial charge is 0.296 e. The molecule has 4 aromatic carbocycles. The van der Waals surface area contributed by atoms with Crippen molar-refractivity contribution in [3.8, 4) is 5.75 Å². The number of benzene rings is 4. The SMILES string of the molecule is [CH+]=CS(=O)(=O)c1ccc(N=Nc2c(S(=O)(=O)O)cc3ccc(N=Nc4ccc(C(=C)S(=O)[O-])cc4)c(N)c3c2O)cc1. The first-order valence-corrected chi connectivity index (χ1v) is 15.5. The molecule has 0 bridgehead atoms. The van der Waals surface area contributed by atoms with Crippen molar-refractivity contribution in [1.82, 2.24) is 0 Å². The van der Waals surface area contributed by atoms with Crippen LogP contribution in [-0.2, 0) is 31.0 Å². The van der Waals surface area contributed by atoms with Crippen LogP contribution in [0.2, 0.25) is 0 Å². The quantitative estimate of drug-likeness (QED) is 0.0673. The van der Waals surface area contributed by atoms with E-state index in [4.69, 9.17) is 12.3 Å². The minimum absolute atomic E-state index is 0.0581. The van der Waals surface area contributed by atoms with Crippen LogP contribution in [0, 0.1) is 6.58 Å². The Morgan fingerprint density at radius 1 is 0.929 bits per heavy atom. The lowest BCUT2D eigenvalue weighted by Crippen LogP contribution is -2.00.